The van der Waals surface area contributed by atoms with Gasteiger partial charge in [0, 0.05) is 60.9 Å². The minimum atomic E-state index is -1.18. The minimum Gasteiger partial charge on any atom is -0.465 e. The molecule has 0 bridgehead atoms. The molecule has 0 spiro atoms. The largest absolute Gasteiger partial charge is 0.465 e. The molecular formula is C29H31N5O4. The molecule has 5 rings (SSSR count). The molecule has 2 aromatic carbocycles. The molecule has 9 nitrogen and oxygen atoms in total. The van der Waals surface area contributed by atoms with Gasteiger partial charge in [0.2, 0.25) is 0 Å². The Bertz CT molecular complexity index is 1560. The third kappa shape index (κ3) is 5.22. The number of aromatic amines is 1. The van der Waals surface area contributed by atoms with Crippen LogP contribution in [0.25, 0.3) is 21.9 Å². The number of fused-ring (bicyclic) bond motifs is 2. The first-order chi connectivity index (χ1) is 18.5. The number of nitrogens with one attached hydrogen (secondary N) is 1. The zero-order chi connectivity index (χ0) is 26.6. The summed E-state index contributed by atoms with van der Waals surface area (Å²) < 4.78 is 5.40. The lowest BCUT2D eigenvalue weighted by molar-refractivity contribution is 0.202. The Hall–Kier alpha value is -4.29. The highest BCUT2D eigenvalue weighted by Gasteiger charge is 2.20. The molecule has 1 saturated heterocycles. The summed E-state index contributed by atoms with van der Waals surface area (Å²) in [6.45, 7) is 6.62. The fourth-order valence-corrected chi connectivity index (χ4v) is 5.23. The van der Waals surface area contributed by atoms with Crippen molar-refractivity contribution in [3.05, 3.63) is 70.2 Å². The van der Waals surface area contributed by atoms with Gasteiger partial charge in [0.25, 0.3) is 0 Å². The molecule has 3 heterocycles. The number of aromatic nitrogens is 1. The molecule has 38 heavy (non-hydrogen) atoms. The van der Waals surface area contributed by atoms with E-state index in [4.69, 9.17) is 4.42 Å². The van der Waals surface area contributed by atoms with E-state index in [2.05, 4.69) is 27.0 Å². The van der Waals surface area contributed by atoms with Crippen molar-refractivity contribution >= 4 is 39.3 Å². The maximum Gasteiger partial charge on any atom is 0.412 e. The van der Waals surface area contributed by atoms with Crippen LogP contribution in [0.5, 0.6) is 0 Å². The average molecular weight is 514 g/mol. The normalized spacial score (nSPS) is 14.2. The Morgan fingerprint density at radius 1 is 1.13 bits per heavy atom. The first-order valence-electron chi connectivity index (χ1n) is 13.0. The Morgan fingerprint density at radius 2 is 1.95 bits per heavy atom. The standard InChI is InChI=1S/C29H31N5O4/c1-2-34(29(36)37)26-17-22-16-23(7-9-27(22)38-28(26)35)33-13-11-32(12-14-33)10-4-3-5-21-19-31-25-8-6-20(18-30)15-24(21)25/h6-9,15-17,19,31H,2-5,10-14H2,1H3,(H,36,37). The molecule has 2 N–H and O–H groups in total. The number of amides is 1. The molecular weight excluding hydrogens is 482 g/mol. The van der Waals surface area contributed by atoms with Gasteiger partial charge in [-0.3, -0.25) is 9.80 Å². The highest BCUT2D eigenvalue weighted by Crippen LogP contribution is 2.26. The molecule has 9 heteroatoms. The number of carboxylic acid groups (broad SMARTS) is 1. The van der Waals surface area contributed by atoms with Crippen LogP contribution in [0.3, 0.4) is 0 Å². The van der Waals surface area contributed by atoms with Crippen molar-refractivity contribution in [2.45, 2.75) is 26.2 Å². The van der Waals surface area contributed by atoms with E-state index in [-0.39, 0.29) is 12.2 Å². The fourth-order valence-electron chi connectivity index (χ4n) is 5.23. The van der Waals surface area contributed by atoms with Gasteiger partial charge in [0.1, 0.15) is 11.3 Å². The maximum atomic E-state index is 12.3. The average Bonchev–Trinajstić information content (AvgIpc) is 3.33. The van der Waals surface area contributed by atoms with E-state index in [1.54, 1.807) is 19.1 Å². The SMILES string of the molecule is CCN(C(=O)O)c1cc2cc(N3CCN(CCCCc4c[nH]c5ccc(C#N)cc45)CC3)ccc2oc1=O. The zero-order valence-corrected chi connectivity index (χ0v) is 21.4. The zero-order valence-electron chi connectivity index (χ0n) is 21.4. The van der Waals surface area contributed by atoms with Gasteiger partial charge >= 0.3 is 11.7 Å². The molecule has 0 aliphatic carbocycles. The molecule has 2 aromatic heterocycles. The third-order valence-corrected chi connectivity index (χ3v) is 7.34. The van der Waals surface area contributed by atoms with Crippen molar-refractivity contribution in [3.8, 4) is 6.07 Å². The maximum absolute atomic E-state index is 12.3. The molecule has 1 aliphatic heterocycles. The van der Waals surface area contributed by atoms with Crippen molar-refractivity contribution in [3.63, 3.8) is 0 Å². The molecule has 1 fully saturated rings. The topological polar surface area (TPSA) is 117 Å². The summed E-state index contributed by atoms with van der Waals surface area (Å²) in [5.41, 5.74) is 3.89. The van der Waals surface area contributed by atoms with Gasteiger partial charge < -0.3 is 19.4 Å². The van der Waals surface area contributed by atoms with E-state index in [9.17, 15) is 20.0 Å². The number of nitriles is 1. The lowest BCUT2D eigenvalue weighted by atomic mass is 10.1. The fraction of sp³-hybridized carbons (Fsp3) is 0.345. The molecule has 0 saturated carbocycles. The van der Waals surface area contributed by atoms with Gasteiger partial charge in [-0.05, 0) is 80.8 Å². The second kappa shape index (κ2) is 11.0. The van der Waals surface area contributed by atoms with Crippen LogP contribution in [0.1, 0.15) is 30.9 Å². The first-order valence-corrected chi connectivity index (χ1v) is 13.0. The number of hydrogen-bond donors (Lipinski definition) is 2. The second-order valence-corrected chi connectivity index (χ2v) is 9.64. The van der Waals surface area contributed by atoms with E-state index < -0.39 is 11.7 Å². The third-order valence-electron chi connectivity index (χ3n) is 7.34. The quantitative estimate of drug-likeness (QED) is 0.257. The van der Waals surface area contributed by atoms with E-state index >= 15 is 0 Å². The Kier molecular flexibility index (Phi) is 7.33. The van der Waals surface area contributed by atoms with Crippen LogP contribution in [-0.4, -0.2) is 60.4 Å². The number of unbranched alkanes of at least 4 members (excludes halogenated alkanes) is 1. The number of hydrogen-bond acceptors (Lipinski definition) is 6. The number of piperazine rings is 1. The molecule has 1 amide bonds. The Morgan fingerprint density at radius 3 is 2.68 bits per heavy atom. The van der Waals surface area contributed by atoms with Crippen LogP contribution in [0.15, 0.2) is 57.9 Å². The van der Waals surface area contributed by atoms with Crippen LogP contribution in [0.2, 0.25) is 0 Å². The Balaban J connectivity index is 1.16. The van der Waals surface area contributed by atoms with Crippen molar-refractivity contribution in [1.29, 1.82) is 5.26 Å². The second-order valence-electron chi connectivity index (χ2n) is 9.64. The first kappa shape index (κ1) is 25.4. The summed E-state index contributed by atoms with van der Waals surface area (Å²) >= 11 is 0. The van der Waals surface area contributed by atoms with Crippen LogP contribution < -0.4 is 15.4 Å². The predicted octanol–water partition coefficient (Wildman–Crippen LogP) is 4.80. The smallest absolute Gasteiger partial charge is 0.412 e. The van der Waals surface area contributed by atoms with Gasteiger partial charge in [-0.25, -0.2) is 9.59 Å². The monoisotopic (exact) mass is 513 g/mol. The summed E-state index contributed by atoms with van der Waals surface area (Å²) in [4.78, 5) is 32.9. The van der Waals surface area contributed by atoms with Gasteiger partial charge in [0.05, 0.1) is 11.6 Å². The van der Waals surface area contributed by atoms with Gasteiger partial charge in [-0.15, -0.1) is 0 Å². The molecule has 1 aliphatic rings. The predicted molar refractivity (Wildman–Crippen MR) is 148 cm³/mol. The molecule has 0 unspecified atom stereocenters. The Labute approximate surface area is 220 Å². The molecule has 0 radical (unpaired) electrons. The number of nitrogens with zero attached hydrogens (tertiary/aromatic N) is 4. The van der Waals surface area contributed by atoms with E-state index in [0.29, 0.717) is 16.5 Å². The van der Waals surface area contributed by atoms with Crippen molar-refractivity contribution in [2.75, 3.05) is 49.1 Å². The number of anilines is 2. The number of rotatable bonds is 8. The summed E-state index contributed by atoms with van der Waals surface area (Å²) in [6, 6.07) is 15.3. The van der Waals surface area contributed by atoms with Crippen LogP contribution in [0, 0.1) is 11.3 Å². The van der Waals surface area contributed by atoms with Crippen LogP contribution in [0.4, 0.5) is 16.2 Å². The van der Waals surface area contributed by atoms with Gasteiger partial charge in [-0.1, -0.05) is 0 Å². The van der Waals surface area contributed by atoms with Crippen LogP contribution >= 0.6 is 0 Å². The summed E-state index contributed by atoms with van der Waals surface area (Å²) in [5, 5.41) is 20.4. The van der Waals surface area contributed by atoms with Gasteiger partial charge in [-0.2, -0.15) is 5.26 Å². The van der Waals surface area contributed by atoms with E-state index in [0.717, 1.165) is 73.5 Å². The number of benzene rings is 2. The van der Waals surface area contributed by atoms with Crippen LogP contribution in [-0.2, 0) is 6.42 Å². The number of H-pyrrole nitrogens is 1. The van der Waals surface area contributed by atoms with Crippen molar-refractivity contribution in [1.82, 2.24) is 9.88 Å². The summed E-state index contributed by atoms with van der Waals surface area (Å²) in [6.07, 6.45) is 4.07. The highest BCUT2D eigenvalue weighted by molar-refractivity contribution is 5.90. The molecule has 196 valence electrons. The van der Waals surface area contributed by atoms with E-state index in [1.165, 1.54) is 5.56 Å². The van der Waals surface area contributed by atoms with Gasteiger partial charge in [0.15, 0.2) is 0 Å². The van der Waals surface area contributed by atoms with Crippen molar-refractivity contribution in [2.24, 2.45) is 0 Å². The lowest BCUT2D eigenvalue weighted by Crippen LogP contribution is -2.46. The van der Waals surface area contributed by atoms with E-state index in [1.807, 2.05) is 30.3 Å². The molecule has 0 atom stereocenters. The van der Waals surface area contributed by atoms with Crippen molar-refractivity contribution < 1.29 is 14.3 Å². The molecule has 4 aromatic rings. The number of aryl methyl sites for hydroxylation is 1. The number of carbonyl (C=O) groups is 1. The summed E-state index contributed by atoms with van der Waals surface area (Å²) in [5.74, 6) is 0. The highest BCUT2D eigenvalue weighted by atomic mass is 16.4. The summed E-state index contributed by atoms with van der Waals surface area (Å²) in [7, 11) is 0. The lowest BCUT2D eigenvalue weighted by Gasteiger charge is -2.36. The minimum absolute atomic E-state index is 0.0348.